The highest BCUT2D eigenvalue weighted by atomic mass is 127. The first-order valence-electron chi connectivity index (χ1n) is 18.1. The summed E-state index contributed by atoms with van der Waals surface area (Å²) in [5.74, 6) is 1.26. The zero-order chi connectivity index (χ0) is 37.0. The zero-order valence-electron chi connectivity index (χ0n) is 31.5. The van der Waals surface area contributed by atoms with Gasteiger partial charge < -0.3 is 47.1 Å². The van der Waals surface area contributed by atoms with Crippen LogP contribution < -0.4 is 42.9 Å². The Morgan fingerprint density at radius 2 is 1.13 bits per heavy atom. The molecule has 11 heteroatoms. The van der Waals surface area contributed by atoms with Gasteiger partial charge in [-0.3, -0.25) is 0 Å². The van der Waals surface area contributed by atoms with Gasteiger partial charge in [-0.15, -0.1) is 0 Å². The second kappa shape index (κ2) is 18.5. The molecule has 0 atom stereocenters. The normalized spacial score (nSPS) is 14.7. The van der Waals surface area contributed by atoms with Crippen molar-refractivity contribution in [3.8, 4) is 0 Å². The number of aromatic nitrogens is 4. The third kappa shape index (κ3) is 9.92. The van der Waals surface area contributed by atoms with Gasteiger partial charge in [0.1, 0.15) is 0 Å². The standard InChI is InChI=1S/C23H28N4O.C20H19IN3O.CH4.HI/c1-25-13-7-11-21-23(25)24-22(28-21)17-18-12-15-26(14-8-16-27(2,3)4)20-10-6-5-9-19(18)20;1-23-11-4-8-18-20(23)22-19(25-18)14-15-9-13-24(12-5-10-21)17-7-3-2-6-16(15)17;;/h5-7,9-13,15,17H,8,14,16H2,1-4H3;2-4,6-9,11,13-14H,5,10,12H2,1H3;1H4;1H/q+2;+1;;/p-1. The lowest BCUT2D eigenvalue weighted by molar-refractivity contribution is -0.870. The summed E-state index contributed by atoms with van der Waals surface area (Å²) >= 11 is 2.43. The molecule has 2 aromatic carbocycles. The monoisotopic (exact) mass is 963 g/mol. The Morgan fingerprint density at radius 1 is 0.673 bits per heavy atom. The molecule has 0 fully saturated rings. The van der Waals surface area contributed by atoms with Gasteiger partial charge in [-0.1, -0.05) is 66.4 Å². The molecular formula is C44H51I2N7O2+2. The predicted molar refractivity (Wildman–Crippen MR) is 230 cm³/mol. The minimum Gasteiger partial charge on any atom is -1.00 e. The quantitative estimate of drug-likeness (QED) is 0.0814. The molecule has 0 spiro atoms. The van der Waals surface area contributed by atoms with Gasteiger partial charge in [-0.25, -0.2) is 9.13 Å². The number of nitrogens with zero attached hydrogens (tertiary/aromatic N) is 7. The maximum absolute atomic E-state index is 5.94. The summed E-state index contributed by atoms with van der Waals surface area (Å²) in [6, 6.07) is 24.9. The molecule has 6 heterocycles. The summed E-state index contributed by atoms with van der Waals surface area (Å²) in [4.78, 5) is 13.9. The molecule has 6 aromatic rings. The van der Waals surface area contributed by atoms with E-state index in [0.29, 0.717) is 11.8 Å². The van der Waals surface area contributed by atoms with E-state index in [1.165, 1.54) is 28.9 Å². The summed E-state index contributed by atoms with van der Waals surface area (Å²) < 4.78 is 17.9. The highest BCUT2D eigenvalue weighted by Crippen LogP contribution is 2.35. The minimum atomic E-state index is 0. The van der Waals surface area contributed by atoms with E-state index < -0.39 is 0 Å². The van der Waals surface area contributed by atoms with Crippen LogP contribution in [-0.4, -0.2) is 59.7 Å². The van der Waals surface area contributed by atoms with Crippen molar-refractivity contribution < 1.29 is 46.4 Å². The number of halogens is 2. The van der Waals surface area contributed by atoms with E-state index >= 15 is 0 Å². The van der Waals surface area contributed by atoms with E-state index in [1.54, 1.807) is 0 Å². The Morgan fingerprint density at radius 3 is 1.56 bits per heavy atom. The van der Waals surface area contributed by atoms with Gasteiger partial charge in [0.05, 0.1) is 54.2 Å². The molecule has 286 valence electrons. The number of para-hydroxylation sites is 2. The number of rotatable bonds is 9. The van der Waals surface area contributed by atoms with Crippen molar-refractivity contribution in [3.05, 3.63) is 133 Å². The van der Waals surface area contributed by atoms with Gasteiger partial charge in [0.25, 0.3) is 0 Å². The number of fused-ring (bicyclic) bond motifs is 4. The molecule has 9 nitrogen and oxygen atoms in total. The molecule has 8 rings (SSSR count). The first-order chi connectivity index (χ1) is 25.7. The minimum absolute atomic E-state index is 0. The van der Waals surface area contributed by atoms with Crippen molar-refractivity contribution in [1.29, 1.82) is 0 Å². The van der Waals surface area contributed by atoms with Crippen LogP contribution in [0.5, 0.6) is 0 Å². The fourth-order valence-electron chi connectivity index (χ4n) is 6.66. The van der Waals surface area contributed by atoms with Crippen molar-refractivity contribution >= 4 is 79.7 Å². The average Bonchev–Trinajstić information content (AvgIpc) is 3.77. The summed E-state index contributed by atoms with van der Waals surface area (Å²) in [7, 11) is 10.7. The summed E-state index contributed by atoms with van der Waals surface area (Å²) in [5, 5.41) is 0. The van der Waals surface area contributed by atoms with Crippen LogP contribution >= 0.6 is 22.6 Å². The summed E-state index contributed by atoms with van der Waals surface area (Å²) in [5.41, 5.74) is 10.4. The molecule has 0 radical (unpaired) electrons. The molecule has 4 aromatic heterocycles. The van der Waals surface area contributed by atoms with Crippen molar-refractivity contribution in [3.63, 3.8) is 0 Å². The second-order valence-electron chi connectivity index (χ2n) is 14.4. The maximum atomic E-state index is 5.94. The lowest BCUT2D eigenvalue weighted by Crippen LogP contribution is -3.00. The van der Waals surface area contributed by atoms with E-state index in [1.807, 2.05) is 72.0 Å². The van der Waals surface area contributed by atoms with Crippen LogP contribution in [0.2, 0.25) is 0 Å². The first-order valence-corrected chi connectivity index (χ1v) is 19.6. The highest BCUT2D eigenvalue weighted by Gasteiger charge is 2.22. The van der Waals surface area contributed by atoms with E-state index in [9.17, 15) is 0 Å². The lowest BCUT2D eigenvalue weighted by Gasteiger charge is -2.29. The van der Waals surface area contributed by atoms with E-state index in [2.05, 4.69) is 137 Å². The van der Waals surface area contributed by atoms with Crippen LogP contribution in [0.15, 0.2) is 119 Å². The fourth-order valence-corrected chi connectivity index (χ4v) is 7.00. The van der Waals surface area contributed by atoms with E-state index in [0.717, 1.165) is 68.6 Å². The van der Waals surface area contributed by atoms with Crippen molar-refractivity contribution in [2.45, 2.75) is 20.3 Å². The lowest BCUT2D eigenvalue weighted by atomic mass is 9.99. The van der Waals surface area contributed by atoms with Gasteiger partial charge in [0, 0.05) is 81.0 Å². The van der Waals surface area contributed by atoms with E-state index in [-0.39, 0.29) is 31.4 Å². The van der Waals surface area contributed by atoms with Gasteiger partial charge in [0.15, 0.2) is 0 Å². The number of hydrogen-bond acceptors (Lipinski definition) is 6. The topological polar surface area (TPSA) is 66.3 Å². The summed E-state index contributed by atoms with van der Waals surface area (Å²) in [6.45, 7) is 3.19. The fraction of sp³-hybridized carbons (Fsp3) is 0.273. The molecule has 0 saturated heterocycles. The molecule has 0 unspecified atom stereocenters. The van der Waals surface area contributed by atoms with Crippen molar-refractivity contribution in [2.75, 3.05) is 55.0 Å². The van der Waals surface area contributed by atoms with Gasteiger partial charge >= 0.3 is 23.1 Å². The number of alkyl halides is 1. The van der Waals surface area contributed by atoms with Crippen LogP contribution in [0.25, 0.3) is 45.8 Å². The number of aryl methyl sites for hydroxylation is 2. The summed E-state index contributed by atoms with van der Waals surface area (Å²) in [6.07, 6.45) is 18.9. The molecule has 0 N–H and O–H groups in total. The SMILES string of the molecule is C.C[n+]1cccc2oc(/C=C3\C=CN(CCCI)c4ccccc43)nc21.C[n+]1cccc2oc(/C=C3\C=CN(CCC[N+](C)(C)C)c4ccccc43)nc21.[I-]. The average molecular weight is 964 g/mol. The highest BCUT2D eigenvalue weighted by molar-refractivity contribution is 14.1. The largest absolute Gasteiger partial charge is 1.00 e. The maximum Gasteiger partial charge on any atom is 0.370 e. The predicted octanol–water partition coefficient (Wildman–Crippen LogP) is 5.61. The number of benzene rings is 2. The number of hydrogen-bond donors (Lipinski definition) is 0. The van der Waals surface area contributed by atoms with Crippen LogP contribution in [0.4, 0.5) is 11.4 Å². The molecule has 2 aliphatic heterocycles. The smallest absolute Gasteiger partial charge is 0.370 e. The number of allylic oxidation sites excluding steroid dienone is 4. The zero-order valence-corrected chi connectivity index (χ0v) is 35.8. The third-order valence-electron chi connectivity index (χ3n) is 9.32. The number of pyridine rings is 2. The molecular weight excluding hydrogens is 912 g/mol. The second-order valence-corrected chi connectivity index (χ2v) is 15.5. The van der Waals surface area contributed by atoms with Crippen molar-refractivity contribution in [2.24, 2.45) is 14.1 Å². The Kier molecular flexibility index (Phi) is 14.1. The number of anilines is 2. The van der Waals surface area contributed by atoms with Crippen LogP contribution in [0.3, 0.4) is 0 Å². The Balaban J connectivity index is 0.000000205. The molecule has 0 aliphatic carbocycles. The van der Waals surface area contributed by atoms with Gasteiger partial charge in [0.2, 0.25) is 11.2 Å². The molecule has 0 bridgehead atoms. The van der Waals surface area contributed by atoms with Gasteiger partial charge in [-0.2, -0.15) is 0 Å². The van der Waals surface area contributed by atoms with E-state index in [4.69, 9.17) is 8.83 Å². The molecule has 2 aliphatic rings. The molecule has 55 heavy (non-hydrogen) atoms. The van der Waals surface area contributed by atoms with Crippen LogP contribution in [-0.2, 0) is 14.1 Å². The Labute approximate surface area is 355 Å². The molecule has 0 amide bonds. The van der Waals surface area contributed by atoms with Gasteiger partial charge in [-0.05, 0) is 66.1 Å². The number of quaternary nitrogens is 1. The number of oxazole rings is 2. The van der Waals surface area contributed by atoms with Crippen LogP contribution in [0.1, 0.15) is 43.2 Å². The first kappa shape index (κ1) is 41.8. The third-order valence-corrected chi connectivity index (χ3v) is 10.1. The van der Waals surface area contributed by atoms with Crippen LogP contribution in [0, 0.1) is 0 Å². The Hall–Kier alpha value is -4.34. The molecule has 0 saturated carbocycles. The van der Waals surface area contributed by atoms with Crippen molar-refractivity contribution in [1.82, 2.24) is 9.97 Å². The Bertz CT molecular complexity index is 2370.